The third-order valence-electron chi connectivity index (χ3n) is 3.73. The van der Waals surface area contributed by atoms with Gasteiger partial charge in [-0.25, -0.2) is 0 Å². The summed E-state index contributed by atoms with van der Waals surface area (Å²) in [4.78, 5) is 12.2. The van der Waals surface area contributed by atoms with Crippen LogP contribution in [0.4, 0.5) is 5.69 Å². The summed E-state index contributed by atoms with van der Waals surface area (Å²) in [6, 6.07) is 7.48. The molecule has 0 bridgehead atoms. The fraction of sp³-hybridized carbons (Fsp3) is 0.533. The molecule has 1 aromatic carbocycles. The number of amides is 1. The molecule has 0 radical (unpaired) electrons. The smallest absolute Gasteiger partial charge is 0.227 e. The quantitative estimate of drug-likeness (QED) is 0.856. The van der Waals surface area contributed by atoms with E-state index >= 15 is 0 Å². The lowest BCUT2D eigenvalue weighted by Gasteiger charge is -2.17. The molecule has 0 saturated heterocycles. The Morgan fingerprint density at radius 2 is 2.11 bits per heavy atom. The van der Waals surface area contributed by atoms with E-state index in [4.69, 9.17) is 10.5 Å². The van der Waals surface area contributed by atoms with Gasteiger partial charge in [0.05, 0.1) is 6.61 Å². The Bertz CT molecular complexity index is 417. The van der Waals surface area contributed by atoms with Gasteiger partial charge in [0.15, 0.2) is 0 Å². The monoisotopic (exact) mass is 262 g/mol. The standard InChI is InChI=1S/C15H22N2O2/c1-2-19-13-8-6-12(7-9-13)17-15(18)14-5-3-4-11(14)10-16/h6-9,11,14H,2-5,10,16H2,1H3,(H,17,18)/t11-,14-/m1/s1. The van der Waals surface area contributed by atoms with Gasteiger partial charge in [0.25, 0.3) is 0 Å². The highest BCUT2D eigenvalue weighted by molar-refractivity contribution is 5.93. The predicted octanol–water partition coefficient (Wildman–Crippen LogP) is 2.40. The van der Waals surface area contributed by atoms with Gasteiger partial charge in [-0.2, -0.15) is 0 Å². The number of ether oxygens (including phenoxy) is 1. The van der Waals surface area contributed by atoms with E-state index in [2.05, 4.69) is 5.32 Å². The summed E-state index contributed by atoms with van der Waals surface area (Å²) >= 11 is 0. The Morgan fingerprint density at radius 1 is 1.37 bits per heavy atom. The number of nitrogens with two attached hydrogens (primary N) is 1. The summed E-state index contributed by atoms with van der Waals surface area (Å²) in [5.74, 6) is 1.32. The molecular formula is C15H22N2O2. The molecule has 3 N–H and O–H groups in total. The summed E-state index contributed by atoms with van der Waals surface area (Å²) < 4.78 is 5.37. The number of carbonyl (C=O) groups excluding carboxylic acids is 1. The van der Waals surface area contributed by atoms with Crippen LogP contribution in [-0.4, -0.2) is 19.1 Å². The minimum Gasteiger partial charge on any atom is -0.494 e. The van der Waals surface area contributed by atoms with Crippen LogP contribution in [-0.2, 0) is 4.79 Å². The molecule has 1 saturated carbocycles. The molecule has 4 heteroatoms. The van der Waals surface area contributed by atoms with Crippen molar-refractivity contribution in [3.05, 3.63) is 24.3 Å². The van der Waals surface area contributed by atoms with Gasteiger partial charge in [-0.3, -0.25) is 4.79 Å². The Kier molecular flexibility index (Phi) is 4.80. The first kappa shape index (κ1) is 13.9. The van der Waals surface area contributed by atoms with Crippen molar-refractivity contribution >= 4 is 11.6 Å². The zero-order valence-corrected chi connectivity index (χ0v) is 11.4. The van der Waals surface area contributed by atoms with Crippen LogP contribution in [0.1, 0.15) is 26.2 Å². The van der Waals surface area contributed by atoms with Crippen molar-refractivity contribution in [1.82, 2.24) is 0 Å². The highest BCUT2D eigenvalue weighted by Gasteiger charge is 2.31. The van der Waals surface area contributed by atoms with Crippen molar-refractivity contribution in [1.29, 1.82) is 0 Å². The van der Waals surface area contributed by atoms with Crippen molar-refractivity contribution in [2.45, 2.75) is 26.2 Å². The molecule has 1 aliphatic rings. The van der Waals surface area contributed by atoms with E-state index in [-0.39, 0.29) is 11.8 Å². The number of carbonyl (C=O) groups is 1. The summed E-state index contributed by atoms with van der Waals surface area (Å²) in [5.41, 5.74) is 6.53. The minimum absolute atomic E-state index is 0.0663. The largest absolute Gasteiger partial charge is 0.494 e. The molecule has 19 heavy (non-hydrogen) atoms. The van der Waals surface area contributed by atoms with E-state index in [1.54, 1.807) is 0 Å². The third-order valence-corrected chi connectivity index (χ3v) is 3.73. The van der Waals surface area contributed by atoms with E-state index in [0.717, 1.165) is 30.7 Å². The first-order valence-corrected chi connectivity index (χ1v) is 6.98. The van der Waals surface area contributed by atoms with Gasteiger partial charge in [0.1, 0.15) is 5.75 Å². The van der Waals surface area contributed by atoms with Crippen LogP contribution in [0.15, 0.2) is 24.3 Å². The summed E-state index contributed by atoms with van der Waals surface area (Å²) in [5, 5.41) is 2.97. The van der Waals surface area contributed by atoms with E-state index < -0.39 is 0 Å². The van der Waals surface area contributed by atoms with Crippen molar-refractivity contribution in [3.63, 3.8) is 0 Å². The highest BCUT2D eigenvalue weighted by atomic mass is 16.5. The van der Waals surface area contributed by atoms with E-state index in [1.807, 2.05) is 31.2 Å². The molecule has 1 fully saturated rings. The van der Waals surface area contributed by atoms with Gasteiger partial charge in [0, 0.05) is 11.6 Å². The lowest BCUT2D eigenvalue weighted by molar-refractivity contribution is -0.120. The average molecular weight is 262 g/mol. The third kappa shape index (κ3) is 3.47. The van der Waals surface area contributed by atoms with Crippen molar-refractivity contribution in [2.24, 2.45) is 17.6 Å². The van der Waals surface area contributed by atoms with E-state index in [9.17, 15) is 4.79 Å². The summed E-state index contributed by atoms with van der Waals surface area (Å²) in [6.45, 7) is 3.19. The number of benzene rings is 1. The Morgan fingerprint density at radius 3 is 2.74 bits per heavy atom. The second kappa shape index (κ2) is 6.57. The van der Waals surface area contributed by atoms with Crippen LogP contribution in [0.3, 0.4) is 0 Å². The molecule has 1 aliphatic carbocycles. The van der Waals surface area contributed by atoms with Gasteiger partial charge in [-0.05, 0) is 56.5 Å². The number of hydrogen-bond acceptors (Lipinski definition) is 3. The first-order valence-electron chi connectivity index (χ1n) is 6.98. The van der Waals surface area contributed by atoms with Crippen LogP contribution in [0.25, 0.3) is 0 Å². The second-order valence-electron chi connectivity index (χ2n) is 4.98. The maximum Gasteiger partial charge on any atom is 0.227 e. The minimum atomic E-state index is 0.0663. The number of hydrogen-bond donors (Lipinski definition) is 2. The normalized spacial score (nSPS) is 22.2. The molecule has 0 heterocycles. The molecule has 2 atom stereocenters. The Balaban J connectivity index is 1.94. The fourth-order valence-corrected chi connectivity index (χ4v) is 2.70. The van der Waals surface area contributed by atoms with Gasteiger partial charge in [-0.1, -0.05) is 6.42 Å². The van der Waals surface area contributed by atoms with E-state index in [0.29, 0.717) is 19.1 Å². The van der Waals surface area contributed by atoms with Crippen LogP contribution in [0, 0.1) is 11.8 Å². The molecule has 0 unspecified atom stereocenters. The zero-order chi connectivity index (χ0) is 13.7. The lowest BCUT2D eigenvalue weighted by atomic mass is 9.95. The molecule has 4 nitrogen and oxygen atoms in total. The maximum absolute atomic E-state index is 12.2. The Hall–Kier alpha value is -1.55. The van der Waals surface area contributed by atoms with Gasteiger partial charge in [-0.15, -0.1) is 0 Å². The predicted molar refractivity (Wildman–Crippen MR) is 76.1 cm³/mol. The summed E-state index contributed by atoms with van der Waals surface area (Å²) in [7, 11) is 0. The number of anilines is 1. The van der Waals surface area contributed by atoms with Crippen LogP contribution < -0.4 is 15.8 Å². The summed E-state index contributed by atoms with van der Waals surface area (Å²) in [6.07, 6.45) is 3.12. The average Bonchev–Trinajstić information content (AvgIpc) is 2.90. The van der Waals surface area contributed by atoms with E-state index in [1.165, 1.54) is 0 Å². The highest BCUT2D eigenvalue weighted by Crippen LogP contribution is 2.31. The molecule has 1 amide bonds. The van der Waals surface area contributed by atoms with Crippen molar-refractivity contribution < 1.29 is 9.53 Å². The van der Waals surface area contributed by atoms with Gasteiger partial charge in [0.2, 0.25) is 5.91 Å². The molecule has 0 spiro atoms. The maximum atomic E-state index is 12.2. The van der Waals surface area contributed by atoms with Crippen molar-refractivity contribution in [3.8, 4) is 5.75 Å². The molecular weight excluding hydrogens is 240 g/mol. The molecule has 0 aliphatic heterocycles. The van der Waals surface area contributed by atoms with Crippen LogP contribution >= 0.6 is 0 Å². The fourth-order valence-electron chi connectivity index (χ4n) is 2.70. The van der Waals surface area contributed by atoms with Crippen LogP contribution in [0.5, 0.6) is 5.75 Å². The number of nitrogens with one attached hydrogen (secondary N) is 1. The molecule has 2 rings (SSSR count). The SMILES string of the molecule is CCOc1ccc(NC(=O)[C@@H]2CCC[C@@H]2CN)cc1. The zero-order valence-electron chi connectivity index (χ0n) is 11.4. The van der Waals surface area contributed by atoms with Crippen LogP contribution in [0.2, 0.25) is 0 Å². The van der Waals surface area contributed by atoms with Gasteiger partial charge >= 0.3 is 0 Å². The van der Waals surface area contributed by atoms with Crippen molar-refractivity contribution in [2.75, 3.05) is 18.5 Å². The number of rotatable bonds is 5. The molecule has 0 aromatic heterocycles. The first-order chi connectivity index (χ1) is 9.24. The lowest BCUT2D eigenvalue weighted by Crippen LogP contribution is -2.29. The van der Waals surface area contributed by atoms with Gasteiger partial charge < -0.3 is 15.8 Å². The molecule has 1 aromatic rings. The second-order valence-corrected chi connectivity index (χ2v) is 4.98. The Labute approximate surface area is 114 Å². The topological polar surface area (TPSA) is 64.3 Å². The molecule has 104 valence electrons.